The monoisotopic (exact) mass is 105 g/mol. The van der Waals surface area contributed by atoms with Crippen molar-refractivity contribution in [3.63, 3.8) is 0 Å². The Morgan fingerprint density at radius 1 is 0.857 bits per heavy atom. The van der Waals surface area contributed by atoms with Gasteiger partial charge in [-0.3, -0.25) is 0 Å². The topological polar surface area (TPSA) is 40.5 Å². The van der Waals surface area contributed by atoms with Crippen LogP contribution < -0.4 is 21.5 Å². The summed E-state index contributed by atoms with van der Waals surface area (Å²) in [7, 11) is 5.55. The van der Waals surface area contributed by atoms with E-state index in [4.69, 9.17) is 0 Å². The third-order valence-corrected chi connectivity index (χ3v) is 0.750. The largest absolute Gasteiger partial charge is 0.134 e. The van der Waals surface area contributed by atoms with E-state index < -0.39 is 0 Å². The van der Waals surface area contributed by atoms with E-state index in [0.29, 0.717) is 0 Å². The number of rotatable bonds is 3. The molecule has 0 rings (SSSR count). The van der Waals surface area contributed by atoms with Crippen LogP contribution in [0.2, 0.25) is 0 Å². The minimum Gasteiger partial charge on any atom is -0.134 e. The van der Waals surface area contributed by atoms with Crippen LogP contribution in [0.5, 0.6) is 0 Å². The van der Waals surface area contributed by atoms with Gasteiger partial charge >= 0.3 is 0 Å². The first-order chi connectivity index (χ1) is 3.35. The van der Waals surface area contributed by atoms with Crippen molar-refractivity contribution in [2.45, 2.75) is 0 Å². The second-order valence-corrected chi connectivity index (χ2v) is 1.12. The second kappa shape index (κ2) is 4.01. The minimum atomic E-state index is 0.931. The average molecular weight is 105 g/mol. The molecule has 0 fully saturated rings. The van der Waals surface area contributed by atoms with Crippen molar-refractivity contribution in [3.8, 4) is 0 Å². The second-order valence-electron chi connectivity index (χ2n) is 1.12. The number of hydrogen-bond acceptors (Lipinski definition) is 3. The van der Waals surface area contributed by atoms with E-state index in [-0.39, 0.29) is 0 Å². The van der Waals surface area contributed by atoms with Gasteiger partial charge < -0.3 is 0 Å². The van der Waals surface area contributed by atoms with Gasteiger partial charge in [-0.2, -0.15) is 0 Å². The maximum absolute atomic E-state index is 2.90. The van der Waals surface area contributed by atoms with Crippen LogP contribution in [0.3, 0.4) is 0 Å². The smallest absolute Gasteiger partial charge is 0.0373 e. The molecule has 0 spiro atoms. The first-order valence-corrected chi connectivity index (χ1v) is 2.25. The zero-order valence-electron chi connectivity index (χ0n) is 5.00. The summed E-state index contributed by atoms with van der Waals surface area (Å²) in [4.78, 5) is 0. The van der Waals surface area contributed by atoms with Gasteiger partial charge in [0.25, 0.3) is 0 Å². The molecule has 0 saturated heterocycles. The molecule has 4 nitrogen and oxygen atoms in total. The molecule has 0 aliphatic rings. The van der Waals surface area contributed by atoms with Crippen LogP contribution in [0.1, 0.15) is 0 Å². The molecule has 0 aromatic carbocycles. The minimum absolute atomic E-state index is 0.931. The Morgan fingerprint density at radius 3 is 1.14 bits per heavy atom. The van der Waals surface area contributed by atoms with Crippen LogP contribution in [0.15, 0.2) is 0 Å². The van der Waals surface area contributed by atoms with E-state index in [1.165, 1.54) is 0 Å². The molecule has 0 heterocycles. The van der Waals surface area contributed by atoms with Crippen molar-refractivity contribution >= 4 is 0 Å². The van der Waals surface area contributed by atoms with Crippen molar-refractivity contribution in [2.24, 2.45) is 0 Å². The first kappa shape index (κ1) is 6.84. The summed E-state index contributed by atoms with van der Waals surface area (Å²) in [6, 6.07) is 0. The van der Waals surface area contributed by atoms with Crippen molar-refractivity contribution in [1.29, 1.82) is 0 Å². The maximum Gasteiger partial charge on any atom is 0.0373 e. The molecular weight excluding hydrogens is 92.1 g/mol. The normalized spacial score (nSPS) is 10.3. The number of nitrogens with one attached hydrogen (secondary N) is 4. The van der Waals surface area contributed by atoms with Gasteiger partial charge in [0.2, 0.25) is 0 Å². The highest BCUT2D eigenvalue weighted by Gasteiger charge is 1.90. The molecule has 44 valence electrons. The predicted octanol–water partition coefficient (Wildman–Crippen LogP) is -2.73. The van der Waals surface area contributed by atoms with Gasteiger partial charge in [-0.05, 0) is 0 Å². The molecule has 0 radical (unpaired) electrons. The molecule has 0 saturated carbocycles. The van der Waals surface area contributed by atoms with E-state index in [9.17, 15) is 0 Å². The molecule has 4 heteroatoms. The Bertz CT molecular complexity index is 28.4. The molecule has 4 N–H and O–H groups in total. The lowest BCUT2D eigenvalue weighted by Gasteiger charge is -2.10. The fraction of sp³-hybridized carbons (Fsp3) is 1.00. The van der Waals surface area contributed by atoms with Crippen LogP contribution in [-0.2, 0) is 0 Å². The summed E-state index contributed by atoms with van der Waals surface area (Å²) in [5.41, 5.74) is 8.69. The van der Waals surface area contributed by atoms with Crippen LogP contribution >= 0.6 is 0 Å². The zero-order chi connectivity index (χ0) is 5.70. The predicted molar refractivity (Wildman–Crippen MR) is 28.1 cm³/mol. The average Bonchev–Trinajstić information content (AvgIpc) is 1.72. The Kier molecular flexibility index (Phi) is 3.92. The lowest BCUT2D eigenvalue weighted by Crippen LogP contribution is -3.28. The summed E-state index contributed by atoms with van der Waals surface area (Å²) < 4.78 is 0. The summed E-state index contributed by atoms with van der Waals surface area (Å²) in [6.45, 7) is 0. The van der Waals surface area contributed by atoms with E-state index >= 15 is 0 Å². The molecule has 0 aliphatic heterocycles. The Morgan fingerprint density at radius 2 is 1.14 bits per heavy atom. The van der Waals surface area contributed by atoms with Crippen molar-refractivity contribution in [2.75, 3.05) is 21.1 Å². The molecule has 7 heavy (non-hydrogen) atoms. The molecule has 0 atom stereocenters. The van der Waals surface area contributed by atoms with E-state index in [2.05, 4.69) is 16.3 Å². The van der Waals surface area contributed by atoms with Crippen molar-refractivity contribution in [1.82, 2.24) is 16.3 Å². The Hall–Kier alpha value is -0.160. The van der Waals surface area contributed by atoms with Crippen LogP contribution in [-0.4, -0.2) is 21.1 Å². The summed E-state index contributed by atoms with van der Waals surface area (Å²) in [5, 5.41) is 0.931. The van der Waals surface area contributed by atoms with E-state index in [0.717, 1.165) is 5.23 Å². The van der Waals surface area contributed by atoms with Gasteiger partial charge in [-0.25, -0.2) is 0 Å². The lowest BCUT2D eigenvalue weighted by molar-refractivity contribution is -1.02. The van der Waals surface area contributed by atoms with Gasteiger partial charge in [0.1, 0.15) is 0 Å². The fourth-order valence-corrected chi connectivity index (χ4v) is 0.375. The van der Waals surface area contributed by atoms with Gasteiger partial charge in [0.05, 0.1) is 0 Å². The summed E-state index contributed by atoms with van der Waals surface area (Å²) >= 11 is 0. The van der Waals surface area contributed by atoms with E-state index in [1.54, 1.807) is 0 Å². The van der Waals surface area contributed by atoms with Gasteiger partial charge in [-0.15, -0.1) is 21.5 Å². The molecule has 0 bridgehead atoms. The third kappa shape index (κ3) is 2.52. The van der Waals surface area contributed by atoms with Gasteiger partial charge in [0, 0.05) is 21.1 Å². The van der Waals surface area contributed by atoms with Crippen LogP contribution in [0, 0.1) is 0 Å². The molecular formula is C3H13N4+. The number of hydrogen-bond donors (Lipinski definition) is 4. The molecule has 0 aromatic rings. The zero-order valence-corrected chi connectivity index (χ0v) is 5.00. The highest BCUT2D eigenvalue weighted by molar-refractivity contribution is 3.86. The quantitative estimate of drug-likeness (QED) is 0.295. The maximum atomic E-state index is 2.90. The highest BCUT2D eigenvalue weighted by atomic mass is 15.9. The molecule has 0 amide bonds. The third-order valence-electron chi connectivity index (χ3n) is 0.750. The van der Waals surface area contributed by atoms with Crippen LogP contribution in [0.25, 0.3) is 0 Å². The molecule has 0 unspecified atom stereocenters. The van der Waals surface area contributed by atoms with Crippen molar-refractivity contribution in [3.05, 3.63) is 0 Å². The Balaban J connectivity index is 2.99. The molecule has 0 aromatic heterocycles. The Labute approximate surface area is 43.8 Å². The standard InChI is InChI=1S/C3H12N4/c1-4-7(5-2)6-3/h4-6H,1-3H3/p+1. The van der Waals surface area contributed by atoms with Gasteiger partial charge in [0.15, 0.2) is 0 Å². The van der Waals surface area contributed by atoms with Crippen LogP contribution in [0.4, 0.5) is 0 Å². The lowest BCUT2D eigenvalue weighted by atomic mass is 11.4. The highest BCUT2D eigenvalue weighted by Crippen LogP contribution is 1.07. The summed E-state index contributed by atoms with van der Waals surface area (Å²) in [6.07, 6.45) is 0. The fourth-order valence-electron chi connectivity index (χ4n) is 0.375. The molecule has 0 aliphatic carbocycles. The van der Waals surface area contributed by atoms with Gasteiger partial charge in [-0.1, -0.05) is 0 Å². The van der Waals surface area contributed by atoms with Crippen molar-refractivity contribution < 1.29 is 5.23 Å². The number of quaternary nitrogens is 1. The SMILES string of the molecule is CN[NH+](NC)NC. The summed E-state index contributed by atoms with van der Waals surface area (Å²) in [5.74, 6) is 0. The van der Waals surface area contributed by atoms with E-state index in [1.807, 2.05) is 21.1 Å². The first-order valence-electron chi connectivity index (χ1n) is 2.25.